The lowest BCUT2D eigenvalue weighted by Crippen LogP contribution is -2.02. The Morgan fingerprint density at radius 1 is 1.05 bits per heavy atom. The largest absolute Gasteiger partial charge is 0.452 e. The molecule has 1 aromatic heterocycles. The minimum Gasteiger partial charge on any atom is -0.452 e. The summed E-state index contributed by atoms with van der Waals surface area (Å²) in [4.78, 5) is 7.82. The predicted molar refractivity (Wildman–Crippen MR) is 84.3 cm³/mol. The van der Waals surface area contributed by atoms with Gasteiger partial charge in [0.2, 0.25) is 5.95 Å². The van der Waals surface area contributed by atoms with Gasteiger partial charge in [-0.3, -0.25) is 0 Å². The summed E-state index contributed by atoms with van der Waals surface area (Å²) in [6.45, 7) is 2.08. The smallest absolute Gasteiger partial charge is 0.222 e. The summed E-state index contributed by atoms with van der Waals surface area (Å²) in [5, 5.41) is 2.29. The van der Waals surface area contributed by atoms with Crippen LogP contribution in [0.2, 0.25) is 0 Å². The van der Waals surface area contributed by atoms with E-state index in [9.17, 15) is 0 Å². The van der Waals surface area contributed by atoms with Crippen molar-refractivity contribution in [3.63, 3.8) is 0 Å². The van der Waals surface area contributed by atoms with Gasteiger partial charge >= 0.3 is 0 Å². The van der Waals surface area contributed by atoms with E-state index in [0.717, 1.165) is 23.1 Å². The van der Waals surface area contributed by atoms with E-state index in [-0.39, 0.29) is 11.8 Å². The molecule has 0 bridgehead atoms. The van der Waals surface area contributed by atoms with Crippen molar-refractivity contribution in [2.45, 2.75) is 13.3 Å². The van der Waals surface area contributed by atoms with Gasteiger partial charge in [-0.15, -0.1) is 0 Å². The van der Waals surface area contributed by atoms with Crippen molar-refractivity contribution < 1.29 is 4.74 Å². The molecule has 3 rings (SSSR count). The number of hydrogen-bond acceptors (Lipinski definition) is 5. The summed E-state index contributed by atoms with van der Waals surface area (Å²) < 4.78 is 5.89. The van der Waals surface area contributed by atoms with Gasteiger partial charge in [-0.25, -0.2) is 4.98 Å². The Balaban J connectivity index is 2.06. The molecule has 4 N–H and O–H groups in total. The average molecular weight is 280 g/mol. The Labute approximate surface area is 122 Å². The molecule has 5 nitrogen and oxygen atoms in total. The molecule has 21 heavy (non-hydrogen) atoms. The molecule has 0 aliphatic heterocycles. The van der Waals surface area contributed by atoms with Crippen LogP contribution in [0.1, 0.15) is 12.5 Å². The SMILES string of the molecule is CCc1cc2ccccc2cc1Oc1cnc(N)nc1N. The summed E-state index contributed by atoms with van der Waals surface area (Å²) in [6.07, 6.45) is 2.35. The van der Waals surface area contributed by atoms with Crippen LogP contribution in [0.5, 0.6) is 11.5 Å². The number of nitrogens with zero attached hydrogens (tertiary/aromatic N) is 2. The van der Waals surface area contributed by atoms with E-state index in [1.54, 1.807) is 0 Å². The van der Waals surface area contributed by atoms with Gasteiger partial charge in [-0.1, -0.05) is 31.2 Å². The second-order valence-electron chi connectivity index (χ2n) is 4.74. The van der Waals surface area contributed by atoms with Crippen LogP contribution in [0.25, 0.3) is 10.8 Å². The topological polar surface area (TPSA) is 87.0 Å². The summed E-state index contributed by atoms with van der Waals surface area (Å²) in [6, 6.07) is 12.3. The number of ether oxygens (including phenoxy) is 1. The summed E-state index contributed by atoms with van der Waals surface area (Å²) >= 11 is 0. The monoisotopic (exact) mass is 280 g/mol. The molecule has 0 unspecified atom stereocenters. The van der Waals surface area contributed by atoms with E-state index in [0.29, 0.717) is 5.75 Å². The highest BCUT2D eigenvalue weighted by atomic mass is 16.5. The molecule has 5 heteroatoms. The van der Waals surface area contributed by atoms with Gasteiger partial charge in [0.25, 0.3) is 0 Å². The number of rotatable bonds is 3. The summed E-state index contributed by atoms with van der Waals surface area (Å²) in [7, 11) is 0. The summed E-state index contributed by atoms with van der Waals surface area (Å²) in [5.41, 5.74) is 12.4. The normalized spacial score (nSPS) is 10.7. The minimum absolute atomic E-state index is 0.133. The zero-order chi connectivity index (χ0) is 14.8. The molecule has 0 radical (unpaired) electrons. The van der Waals surface area contributed by atoms with E-state index in [1.165, 1.54) is 11.6 Å². The molecule has 0 amide bonds. The van der Waals surface area contributed by atoms with Crippen molar-refractivity contribution in [3.8, 4) is 11.5 Å². The first kappa shape index (κ1) is 13.2. The number of benzene rings is 2. The quantitative estimate of drug-likeness (QED) is 0.769. The van der Waals surface area contributed by atoms with Crippen LogP contribution in [0.4, 0.5) is 11.8 Å². The Bertz CT molecular complexity index is 801. The van der Waals surface area contributed by atoms with Crippen molar-refractivity contribution in [2.75, 3.05) is 11.5 Å². The number of aryl methyl sites for hydroxylation is 1. The second-order valence-corrected chi connectivity index (χ2v) is 4.74. The second kappa shape index (κ2) is 5.28. The highest BCUT2D eigenvalue weighted by Crippen LogP contribution is 2.32. The first-order valence-electron chi connectivity index (χ1n) is 6.75. The fourth-order valence-corrected chi connectivity index (χ4v) is 2.23. The third-order valence-corrected chi connectivity index (χ3v) is 3.33. The van der Waals surface area contributed by atoms with Crippen molar-refractivity contribution in [3.05, 3.63) is 48.2 Å². The molecule has 3 aromatic rings. The zero-order valence-corrected chi connectivity index (χ0v) is 11.7. The van der Waals surface area contributed by atoms with Crippen LogP contribution in [-0.2, 0) is 6.42 Å². The molecule has 1 heterocycles. The Hall–Kier alpha value is -2.82. The van der Waals surface area contributed by atoms with Crippen LogP contribution in [0, 0.1) is 0 Å². The standard InChI is InChI=1S/C16H16N4O/c1-2-10-7-11-5-3-4-6-12(11)8-13(10)21-14-9-19-16(18)20-15(14)17/h3-9H,2H2,1H3,(H4,17,18,19,20). The third-order valence-electron chi connectivity index (χ3n) is 3.33. The van der Waals surface area contributed by atoms with E-state index in [1.807, 2.05) is 24.3 Å². The lowest BCUT2D eigenvalue weighted by molar-refractivity contribution is 0.476. The van der Waals surface area contributed by atoms with Crippen molar-refractivity contribution in [1.82, 2.24) is 9.97 Å². The molecule has 0 fully saturated rings. The van der Waals surface area contributed by atoms with Crippen LogP contribution in [0.15, 0.2) is 42.6 Å². The molecule has 0 aliphatic rings. The Morgan fingerprint density at radius 3 is 2.43 bits per heavy atom. The maximum atomic E-state index is 5.89. The van der Waals surface area contributed by atoms with Gasteiger partial charge < -0.3 is 16.2 Å². The van der Waals surface area contributed by atoms with Gasteiger partial charge in [0, 0.05) is 0 Å². The molecule has 0 saturated carbocycles. The highest BCUT2D eigenvalue weighted by Gasteiger charge is 2.09. The number of anilines is 2. The van der Waals surface area contributed by atoms with Gasteiger partial charge in [0.05, 0.1) is 6.20 Å². The van der Waals surface area contributed by atoms with E-state index in [4.69, 9.17) is 16.2 Å². The van der Waals surface area contributed by atoms with Crippen LogP contribution >= 0.6 is 0 Å². The van der Waals surface area contributed by atoms with E-state index >= 15 is 0 Å². The molecule has 0 saturated heterocycles. The van der Waals surface area contributed by atoms with Gasteiger partial charge in [-0.05, 0) is 34.9 Å². The van der Waals surface area contributed by atoms with Crippen LogP contribution in [0.3, 0.4) is 0 Å². The maximum absolute atomic E-state index is 5.89. The lowest BCUT2D eigenvalue weighted by atomic mass is 10.0. The summed E-state index contributed by atoms with van der Waals surface area (Å²) in [5.74, 6) is 1.54. The first-order chi connectivity index (χ1) is 10.2. The highest BCUT2D eigenvalue weighted by molar-refractivity contribution is 5.85. The van der Waals surface area contributed by atoms with Crippen LogP contribution < -0.4 is 16.2 Å². The molecule has 0 spiro atoms. The van der Waals surface area contributed by atoms with Crippen molar-refractivity contribution in [2.24, 2.45) is 0 Å². The van der Waals surface area contributed by atoms with Crippen LogP contribution in [-0.4, -0.2) is 9.97 Å². The van der Waals surface area contributed by atoms with E-state index in [2.05, 4.69) is 29.0 Å². The Kier molecular flexibility index (Phi) is 3.31. The Morgan fingerprint density at radius 2 is 1.76 bits per heavy atom. The zero-order valence-electron chi connectivity index (χ0n) is 11.7. The van der Waals surface area contributed by atoms with Crippen molar-refractivity contribution >= 4 is 22.5 Å². The minimum atomic E-state index is 0.133. The first-order valence-corrected chi connectivity index (χ1v) is 6.75. The average Bonchev–Trinajstić information content (AvgIpc) is 2.49. The van der Waals surface area contributed by atoms with Gasteiger partial charge in [0.15, 0.2) is 11.6 Å². The molecule has 2 aromatic carbocycles. The van der Waals surface area contributed by atoms with Gasteiger partial charge in [0.1, 0.15) is 5.75 Å². The molecule has 0 atom stereocenters. The van der Waals surface area contributed by atoms with Gasteiger partial charge in [-0.2, -0.15) is 4.98 Å². The predicted octanol–water partition coefficient (Wildman–Crippen LogP) is 3.15. The maximum Gasteiger partial charge on any atom is 0.222 e. The fraction of sp³-hybridized carbons (Fsp3) is 0.125. The fourth-order valence-electron chi connectivity index (χ4n) is 2.23. The number of nitrogens with two attached hydrogens (primary N) is 2. The molecular formula is C16H16N4O. The number of aromatic nitrogens is 2. The third kappa shape index (κ3) is 2.58. The number of nitrogen functional groups attached to an aromatic ring is 2. The molecular weight excluding hydrogens is 264 g/mol. The number of hydrogen-bond donors (Lipinski definition) is 2. The van der Waals surface area contributed by atoms with E-state index < -0.39 is 0 Å². The van der Waals surface area contributed by atoms with Crippen molar-refractivity contribution in [1.29, 1.82) is 0 Å². The molecule has 0 aliphatic carbocycles. The number of fused-ring (bicyclic) bond motifs is 1. The molecule has 106 valence electrons. The lowest BCUT2D eigenvalue weighted by Gasteiger charge is -2.12.